The van der Waals surface area contributed by atoms with Gasteiger partial charge in [-0.2, -0.15) is 0 Å². The van der Waals surface area contributed by atoms with Crippen LogP contribution in [-0.4, -0.2) is 68.8 Å². The summed E-state index contributed by atoms with van der Waals surface area (Å²) in [4.78, 5) is 35.4. The summed E-state index contributed by atoms with van der Waals surface area (Å²) in [5.74, 6) is 0. The minimum absolute atomic E-state index is 0.0143. The predicted octanol–water partition coefficient (Wildman–Crippen LogP) is 4.61. The summed E-state index contributed by atoms with van der Waals surface area (Å²) in [6.45, 7) is 2.87. The summed E-state index contributed by atoms with van der Waals surface area (Å²) in [5, 5.41) is 15.6. The van der Waals surface area contributed by atoms with Gasteiger partial charge in [0.2, 0.25) is 0 Å². The standard InChI is InChI=1S/C32H37F2N5O3/c33-29(34)25-11-5-4-10-24(25)26-18-28(40)38(22-36-26)21-32(42)14-16-37(20-31(32)12-6-7-13-31)30(41)39-17-15-35-19-27(39)23-8-2-1-3-9-23/h1-5,8-11,18,22,27,29,35,42H,6-7,12-17,19-21H2. The van der Waals surface area contributed by atoms with Gasteiger partial charge in [0.25, 0.3) is 12.0 Å². The molecule has 3 aliphatic rings. The Bertz CT molecular complexity index is 1480. The van der Waals surface area contributed by atoms with Crippen LogP contribution in [0.5, 0.6) is 0 Å². The number of amides is 2. The van der Waals surface area contributed by atoms with E-state index in [-0.39, 0.29) is 35.4 Å². The molecule has 3 fully saturated rings. The molecule has 0 radical (unpaired) electrons. The smallest absolute Gasteiger partial charge is 0.320 e. The van der Waals surface area contributed by atoms with Gasteiger partial charge in [-0.15, -0.1) is 0 Å². The van der Waals surface area contributed by atoms with Crippen molar-refractivity contribution in [2.45, 2.75) is 56.7 Å². The maximum Gasteiger partial charge on any atom is 0.320 e. The fraction of sp³-hybridized carbons (Fsp3) is 0.469. The largest absolute Gasteiger partial charge is 0.387 e. The van der Waals surface area contributed by atoms with Crippen molar-refractivity contribution >= 4 is 6.03 Å². The van der Waals surface area contributed by atoms with Crippen LogP contribution in [0.3, 0.4) is 0 Å². The summed E-state index contributed by atoms with van der Waals surface area (Å²) in [6, 6.07) is 17.3. The van der Waals surface area contributed by atoms with E-state index in [0.717, 1.165) is 37.8 Å². The van der Waals surface area contributed by atoms with Crippen LogP contribution in [-0.2, 0) is 6.54 Å². The molecule has 10 heteroatoms. The number of hydrogen-bond donors (Lipinski definition) is 2. The minimum Gasteiger partial charge on any atom is -0.387 e. The molecule has 2 N–H and O–H groups in total. The molecule has 2 amide bonds. The zero-order chi connectivity index (χ0) is 29.3. The van der Waals surface area contributed by atoms with E-state index in [0.29, 0.717) is 32.6 Å². The normalized spacial score (nSPS) is 24.0. The third-order valence-electron chi connectivity index (χ3n) is 9.56. The van der Waals surface area contributed by atoms with E-state index in [9.17, 15) is 23.5 Å². The molecule has 3 heterocycles. The van der Waals surface area contributed by atoms with Crippen LogP contribution < -0.4 is 10.9 Å². The molecule has 2 saturated heterocycles. The lowest BCUT2D eigenvalue weighted by Crippen LogP contribution is -2.64. The number of nitrogens with one attached hydrogen (secondary N) is 1. The number of carbonyl (C=O) groups excluding carboxylic acids is 1. The Kier molecular flexibility index (Phi) is 7.85. The number of urea groups is 1. The van der Waals surface area contributed by atoms with Crippen molar-refractivity contribution in [3.8, 4) is 11.3 Å². The molecule has 2 atom stereocenters. The number of aromatic nitrogens is 2. The number of piperazine rings is 1. The topological polar surface area (TPSA) is 90.7 Å². The first-order valence-corrected chi connectivity index (χ1v) is 14.8. The summed E-state index contributed by atoms with van der Waals surface area (Å²) in [7, 11) is 0. The lowest BCUT2D eigenvalue weighted by Gasteiger charge is -2.53. The highest BCUT2D eigenvalue weighted by Crippen LogP contribution is 2.52. The molecule has 6 rings (SSSR count). The van der Waals surface area contributed by atoms with Gasteiger partial charge in [0.1, 0.15) is 0 Å². The fourth-order valence-corrected chi connectivity index (χ4v) is 7.24. The van der Waals surface area contributed by atoms with E-state index in [1.807, 2.05) is 28.0 Å². The Labute approximate surface area is 244 Å². The molecular formula is C32H37F2N5O3. The Morgan fingerprint density at radius 1 is 1.05 bits per heavy atom. The second kappa shape index (κ2) is 11.6. The number of piperidine rings is 1. The van der Waals surface area contributed by atoms with Crippen molar-refractivity contribution < 1.29 is 18.7 Å². The van der Waals surface area contributed by atoms with Crippen LogP contribution in [0.2, 0.25) is 0 Å². The van der Waals surface area contributed by atoms with Crippen LogP contribution >= 0.6 is 0 Å². The van der Waals surface area contributed by atoms with Gasteiger partial charge in [0.15, 0.2) is 0 Å². The molecule has 1 aliphatic carbocycles. The molecule has 1 saturated carbocycles. The van der Waals surface area contributed by atoms with Crippen LogP contribution in [0.15, 0.2) is 71.8 Å². The highest BCUT2D eigenvalue weighted by molar-refractivity contribution is 5.75. The Hall–Kier alpha value is -3.63. The molecule has 1 spiro atoms. The average Bonchev–Trinajstić information content (AvgIpc) is 3.50. The first-order valence-electron chi connectivity index (χ1n) is 14.8. The SMILES string of the molecule is O=C(N1CCC(O)(Cn2cnc(-c3ccccc3C(F)F)cc2=O)C2(CCCC2)C1)N1CCNCC1c1ccccc1. The van der Waals surface area contributed by atoms with Crippen LogP contribution in [0, 0.1) is 5.41 Å². The van der Waals surface area contributed by atoms with Gasteiger partial charge in [-0.25, -0.2) is 18.6 Å². The lowest BCUT2D eigenvalue weighted by atomic mass is 9.66. The molecular weight excluding hydrogens is 540 g/mol. The number of halogens is 2. The third kappa shape index (κ3) is 5.22. The Morgan fingerprint density at radius 3 is 2.52 bits per heavy atom. The van der Waals surface area contributed by atoms with E-state index in [1.54, 1.807) is 6.07 Å². The number of hydrogen-bond acceptors (Lipinski definition) is 5. The van der Waals surface area contributed by atoms with Crippen molar-refractivity contribution in [1.82, 2.24) is 24.7 Å². The lowest BCUT2D eigenvalue weighted by molar-refractivity contribution is -0.137. The number of rotatable bonds is 5. The quantitative estimate of drug-likeness (QED) is 0.462. The predicted molar refractivity (Wildman–Crippen MR) is 155 cm³/mol. The van der Waals surface area contributed by atoms with E-state index in [2.05, 4.69) is 22.4 Å². The molecule has 3 aromatic rings. The average molecular weight is 578 g/mol. The van der Waals surface area contributed by atoms with Crippen molar-refractivity contribution in [2.75, 3.05) is 32.7 Å². The number of aliphatic hydroxyl groups is 1. The maximum atomic E-state index is 14.0. The van der Waals surface area contributed by atoms with E-state index < -0.39 is 23.0 Å². The summed E-state index contributed by atoms with van der Waals surface area (Å²) >= 11 is 0. The van der Waals surface area contributed by atoms with Gasteiger partial charge in [-0.05, 0) is 24.8 Å². The zero-order valence-electron chi connectivity index (χ0n) is 23.6. The molecule has 0 bridgehead atoms. The molecule has 222 valence electrons. The van der Waals surface area contributed by atoms with Crippen molar-refractivity contribution in [2.24, 2.45) is 5.41 Å². The number of benzene rings is 2. The highest BCUT2D eigenvalue weighted by Gasteiger charge is 2.56. The molecule has 2 unspecified atom stereocenters. The second-order valence-corrected chi connectivity index (χ2v) is 11.9. The first kappa shape index (κ1) is 28.5. The number of likely N-dealkylation sites (tertiary alicyclic amines) is 1. The van der Waals surface area contributed by atoms with Gasteiger partial charge in [-0.1, -0.05) is 67.4 Å². The number of nitrogens with zero attached hydrogens (tertiary/aromatic N) is 4. The fourth-order valence-electron chi connectivity index (χ4n) is 7.24. The highest BCUT2D eigenvalue weighted by atomic mass is 19.3. The van der Waals surface area contributed by atoms with E-state index in [1.165, 1.54) is 35.2 Å². The minimum atomic E-state index is -2.69. The molecule has 2 aromatic carbocycles. The summed E-state index contributed by atoms with van der Waals surface area (Å²) in [5.41, 5.74) is -0.852. The van der Waals surface area contributed by atoms with Crippen LogP contribution in [0.1, 0.15) is 55.7 Å². The monoisotopic (exact) mass is 577 g/mol. The molecule has 8 nitrogen and oxygen atoms in total. The Balaban J connectivity index is 1.23. The van der Waals surface area contributed by atoms with Gasteiger partial charge < -0.3 is 20.2 Å². The van der Waals surface area contributed by atoms with Crippen molar-refractivity contribution in [3.05, 3.63) is 88.5 Å². The second-order valence-electron chi connectivity index (χ2n) is 11.9. The van der Waals surface area contributed by atoms with Crippen LogP contribution in [0.4, 0.5) is 13.6 Å². The Morgan fingerprint density at radius 2 is 1.79 bits per heavy atom. The van der Waals surface area contributed by atoms with Gasteiger partial charge in [-0.3, -0.25) is 9.36 Å². The zero-order valence-corrected chi connectivity index (χ0v) is 23.6. The molecule has 2 aliphatic heterocycles. The number of alkyl halides is 2. The molecule has 42 heavy (non-hydrogen) atoms. The van der Waals surface area contributed by atoms with Gasteiger partial charge >= 0.3 is 6.03 Å². The van der Waals surface area contributed by atoms with E-state index in [4.69, 9.17) is 0 Å². The van der Waals surface area contributed by atoms with Gasteiger partial charge in [0, 0.05) is 55.3 Å². The van der Waals surface area contributed by atoms with Crippen molar-refractivity contribution in [1.29, 1.82) is 0 Å². The van der Waals surface area contributed by atoms with Crippen molar-refractivity contribution in [3.63, 3.8) is 0 Å². The molecule has 1 aromatic heterocycles. The summed E-state index contributed by atoms with van der Waals surface area (Å²) in [6.07, 6.45) is 2.41. The summed E-state index contributed by atoms with van der Waals surface area (Å²) < 4.78 is 28.5. The van der Waals surface area contributed by atoms with E-state index >= 15 is 0 Å². The third-order valence-corrected chi connectivity index (χ3v) is 9.56. The van der Waals surface area contributed by atoms with Gasteiger partial charge in [0.05, 0.1) is 30.2 Å². The van der Waals surface area contributed by atoms with Crippen LogP contribution in [0.25, 0.3) is 11.3 Å². The number of carbonyl (C=O) groups is 1. The first-order chi connectivity index (χ1) is 20.3. The maximum absolute atomic E-state index is 14.0.